The van der Waals surface area contributed by atoms with Gasteiger partial charge in [-0.1, -0.05) is 77.5 Å². The zero-order valence-electron chi connectivity index (χ0n) is 26.2. The third kappa shape index (κ3) is 6.81. The van der Waals surface area contributed by atoms with Crippen LogP contribution in [0, 0.1) is 11.3 Å². The van der Waals surface area contributed by atoms with Crippen molar-refractivity contribution >= 4 is 40.7 Å². The molecule has 0 N–H and O–H groups in total. The topological polar surface area (TPSA) is 103 Å². The van der Waals surface area contributed by atoms with Crippen molar-refractivity contribution in [1.29, 1.82) is 5.26 Å². The second-order valence-electron chi connectivity index (χ2n) is 10.7. The lowest BCUT2D eigenvalue weighted by Crippen LogP contribution is -2.40. The van der Waals surface area contributed by atoms with E-state index >= 15 is 0 Å². The minimum atomic E-state index is -0.820. The van der Waals surface area contributed by atoms with E-state index in [4.69, 9.17) is 36.1 Å². The third-order valence-electron chi connectivity index (χ3n) is 7.62. The molecule has 0 saturated heterocycles. The molecular weight excluding hydrogens is 646 g/mol. The van der Waals surface area contributed by atoms with E-state index in [1.165, 1.54) is 11.3 Å². The average Bonchev–Trinajstić information content (AvgIpc) is 3.42. The highest BCUT2D eigenvalue weighted by atomic mass is 35.5. The van der Waals surface area contributed by atoms with Crippen LogP contribution in [0.3, 0.4) is 0 Å². The first-order valence-corrected chi connectivity index (χ1v) is 16.5. The number of benzene rings is 4. The summed E-state index contributed by atoms with van der Waals surface area (Å²) in [6.45, 7) is 4.56. The molecule has 6 rings (SSSR count). The number of rotatable bonds is 10. The lowest BCUT2D eigenvalue weighted by Gasteiger charge is -2.26. The highest BCUT2D eigenvalue weighted by molar-refractivity contribution is 7.07. The normalized spacial score (nSPS) is 14.1. The maximum absolute atomic E-state index is 14.4. The number of esters is 1. The Morgan fingerprint density at radius 2 is 1.73 bits per heavy atom. The summed E-state index contributed by atoms with van der Waals surface area (Å²) in [6.07, 6.45) is 1.73. The van der Waals surface area contributed by atoms with Crippen LogP contribution < -0.4 is 24.4 Å². The molecule has 0 bridgehead atoms. The Morgan fingerprint density at radius 3 is 2.42 bits per heavy atom. The highest BCUT2D eigenvalue weighted by Crippen LogP contribution is 2.36. The minimum absolute atomic E-state index is 0.158. The molecule has 0 unspecified atom stereocenters. The monoisotopic (exact) mass is 675 g/mol. The largest absolute Gasteiger partial charge is 0.494 e. The molecule has 1 atom stereocenters. The third-order valence-corrected chi connectivity index (χ3v) is 8.83. The number of carbonyl (C=O) groups excluding carboxylic acids is 1. The fourth-order valence-corrected chi connectivity index (χ4v) is 6.58. The van der Waals surface area contributed by atoms with Crippen LogP contribution in [0.1, 0.15) is 47.7 Å². The molecule has 0 fully saturated rings. The SMILES string of the molecule is CCOC(=O)C1=C(c2ccccc2)N=c2s/c(=C\c3cc(Cl)ccc3OCc3ccc(C#N)cc3)c(=O)n2[C@@H]1c1ccc(OCC)cc1. The van der Waals surface area contributed by atoms with Crippen LogP contribution in [-0.2, 0) is 16.1 Å². The second-order valence-corrected chi connectivity index (χ2v) is 12.2. The molecule has 1 aliphatic heterocycles. The van der Waals surface area contributed by atoms with Gasteiger partial charge >= 0.3 is 5.97 Å². The van der Waals surface area contributed by atoms with Crippen LogP contribution in [-0.4, -0.2) is 23.8 Å². The Hall–Kier alpha value is -5.43. The van der Waals surface area contributed by atoms with Gasteiger partial charge < -0.3 is 14.2 Å². The van der Waals surface area contributed by atoms with Crippen molar-refractivity contribution in [2.24, 2.45) is 4.99 Å². The van der Waals surface area contributed by atoms with Crippen molar-refractivity contribution in [2.45, 2.75) is 26.5 Å². The lowest BCUT2D eigenvalue weighted by atomic mass is 9.93. The highest BCUT2D eigenvalue weighted by Gasteiger charge is 2.35. The van der Waals surface area contributed by atoms with Gasteiger partial charge in [0.2, 0.25) is 0 Å². The van der Waals surface area contributed by atoms with Gasteiger partial charge in [-0.3, -0.25) is 9.36 Å². The van der Waals surface area contributed by atoms with E-state index in [9.17, 15) is 9.59 Å². The Morgan fingerprint density at radius 1 is 0.979 bits per heavy atom. The van der Waals surface area contributed by atoms with Crippen molar-refractivity contribution in [3.05, 3.63) is 155 Å². The van der Waals surface area contributed by atoms with Gasteiger partial charge in [0, 0.05) is 16.1 Å². The summed E-state index contributed by atoms with van der Waals surface area (Å²) in [5, 5.41) is 9.59. The smallest absolute Gasteiger partial charge is 0.338 e. The van der Waals surface area contributed by atoms with Crippen molar-refractivity contribution in [3.8, 4) is 17.6 Å². The van der Waals surface area contributed by atoms with Crippen LogP contribution in [0.25, 0.3) is 11.8 Å². The van der Waals surface area contributed by atoms with Crippen LogP contribution >= 0.6 is 22.9 Å². The number of fused-ring (bicyclic) bond motifs is 1. The molecule has 8 nitrogen and oxygen atoms in total. The van der Waals surface area contributed by atoms with Gasteiger partial charge in [0.15, 0.2) is 4.80 Å². The van der Waals surface area contributed by atoms with E-state index in [2.05, 4.69) is 6.07 Å². The summed E-state index contributed by atoms with van der Waals surface area (Å²) < 4.78 is 19.3. The van der Waals surface area contributed by atoms with Crippen molar-refractivity contribution in [3.63, 3.8) is 0 Å². The Balaban J connectivity index is 1.51. The summed E-state index contributed by atoms with van der Waals surface area (Å²) in [6, 6.07) is 30.4. The molecule has 1 aromatic heterocycles. The maximum atomic E-state index is 14.4. The summed E-state index contributed by atoms with van der Waals surface area (Å²) >= 11 is 7.62. The molecule has 1 aliphatic rings. The number of thiazole rings is 1. The van der Waals surface area contributed by atoms with E-state index in [-0.39, 0.29) is 24.3 Å². The maximum Gasteiger partial charge on any atom is 0.338 e. The fourth-order valence-electron chi connectivity index (χ4n) is 5.41. The summed E-state index contributed by atoms with van der Waals surface area (Å²) in [4.78, 5) is 33.4. The molecule has 0 spiro atoms. The number of carbonyl (C=O) groups is 1. The molecule has 0 amide bonds. The molecule has 0 radical (unpaired) electrons. The first-order chi connectivity index (χ1) is 23.4. The summed E-state index contributed by atoms with van der Waals surface area (Å²) in [7, 11) is 0. The van der Waals surface area contributed by atoms with E-state index in [1.54, 1.807) is 47.9 Å². The van der Waals surface area contributed by atoms with Gasteiger partial charge in [0.1, 0.15) is 18.1 Å². The second kappa shape index (κ2) is 14.6. The van der Waals surface area contributed by atoms with Gasteiger partial charge in [0.05, 0.1) is 46.7 Å². The Labute approximate surface area is 286 Å². The van der Waals surface area contributed by atoms with E-state index < -0.39 is 12.0 Å². The van der Waals surface area contributed by atoms with Crippen LogP contribution in [0.5, 0.6) is 11.5 Å². The molecule has 4 aromatic carbocycles. The lowest BCUT2D eigenvalue weighted by molar-refractivity contribution is -0.138. The molecule has 48 heavy (non-hydrogen) atoms. The van der Waals surface area contributed by atoms with Crippen molar-refractivity contribution in [2.75, 3.05) is 13.2 Å². The van der Waals surface area contributed by atoms with E-state index in [1.807, 2.05) is 73.7 Å². The first-order valence-electron chi connectivity index (χ1n) is 15.3. The summed E-state index contributed by atoms with van der Waals surface area (Å²) in [5.41, 5.74) is 3.84. The number of nitrogens with zero attached hydrogens (tertiary/aromatic N) is 3. The van der Waals surface area contributed by atoms with E-state index in [0.717, 1.165) is 11.1 Å². The standard InChI is InChI=1S/C38H30ClN3O5S/c1-3-45-30-17-14-27(15-18-30)35-33(37(44)46-4-2)34(26-8-6-5-7-9-26)41-38-42(35)36(43)32(48-38)21-28-20-29(39)16-19-31(28)47-23-25-12-10-24(22-40)11-13-25/h5-21,35H,3-4,23H2,1-2H3/b32-21-/t35-/m1/s1. The Bertz CT molecular complexity index is 2220. The van der Waals surface area contributed by atoms with Crippen LogP contribution in [0.2, 0.25) is 5.02 Å². The van der Waals surface area contributed by atoms with Gasteiger partial charge in [-0.25, -0.2) is 9.79 Å². The fraction of sp³-hybridized carbons (Fsp3) is 0.158. The molecular formula is C38H30ClN3O5S. The van der Waals surface area contributed by atoms with Gasteiger partial charge in [-0.2, -0.15) is 5.26 Å². The average molecular weight is 676 g/mol. The minimum Gasteiger partial charge on any atom is -0.494 e. The Kier molecular flexibility index (Phi) is 9.86. The molecule has 10 heteroatoms. The number of aromatic nitrogens is 1. The number of halogens is 1. The van der Waals surface area contributed by atoms with Gasteiger partial charge in [-0.05, 0) is 73.5 Å². The van der Waals surface area contributed by atoms with Gasteiger partial charge in [0.25, 0.3) is 5.56 Å². The number of hydrogen-bond acceptors (Lipinski definition) is 8. The quantitative estimate of drug-likeness (QED) is 0.158. The zero-order chi connectivity index (χ0) is 33.6. The van der Waals surface area contributed by atoms with Crippen LogP contribution in [0.15, 0.2) is 112 Å². The number of ether oxygens (including phenoxy) is 3. The van der Waals surface area contributed by atoms with Crippen molar-refractivity contribution in [1.82, 2.24) is 4.57 Å². The zero-order valence-corrected chi connectivity index (χ0v) is 27.8. The molecule has 0 saturated carbocycles. The molecule has 2 heterocycles. The molecule has 240 valence electrons. The predicted molar refractivity (Wildman–Crippen MR) is 186 cm³/mol. The molecule has 5 aromatic rings. The number of nitriles is 1. The molecule has 0 aliphatic carbocycles. The number of hydrogen-bond donors (Lipinski definition) is 0. The van der Waals surface area contributed by atoms with Crippen LogP contribution in [0.4, 0.5) is 0 Å². The van der Waals surface area contributed by atoms with Crippen molar-refractivity contribution < 1.29 is 19.0 Å². The predicted octanol–water partition coefficient (Wildman–Crippen LogP) is 6.44. The van der Waals surface area contributed by atoms with Gasteiger partial charge in [-0.15, -0.1) is 0 Å². The van der Waals surface area contributed by atoms with E-state index in [0.29, 0.717) is 54.8 Å². The summed E-state index contributed by atoms with van der Waals surface area (Å²) in [5.74, 6) is 0.643. The first kappa shape index (κ1) is 32.5.